The maximum absolute atomic E-state index is 13.4. The lowest BCUT2D eigenvalue weighted by atomic mass is 9.69. The Morgan fingerprint density at radius 1 is 1.22 bits per heavy atom. The highest BCUT2D eigenvalue weighted by Gasteiger charge is 2.45. The summed E-state index contributed by atoms with van der Waals surface area (Å²) < 4.78 is 40.3. The number of hydrogen-bond acceptors (Lipinski definition) is 5. The molecule has 1 aliphatic heterocycles. The maximum atomic E-state index is 13.4. The van der Waals surface area contributed by atoms with Gasteiger partial charge in [0.25, 0.3) is 0 Å². The Labute approximate surface area is 212 Å². The highest BCUT2D eigenvalue weighted by molar-refractivity contribution is 5.89. The van der Waals surface area contributed by atoms with Gasteiger partial charge in [0.2, 0.25) is 0 Å². The van der Waals surface area contributed by atoms with Crippen LogP contribution < -0.4 is 5.32 Å². The molecule has 5 rings (SSSR count). The molecule has 0 saturated carbocycles. The van der Waals surface area contributed by atoms with E-state index < -0.39 is 23.9 Å². The molecule has 1 fully saturated rings. The number of fused-ring (bicyclic) bond motifs is 1. The number of nitrogens with one attached hydrogen (secondary N) is 1. The lowest BCUT2D eigenvalue weighted by Gasteiger charge is -2.50. The van der Waals surface area contributed by atoms with Gasteiger partial charge in [-0.25, -0.2) is 19.7 Å². The summed E-state index contributed by atoms with van der Waals surface area (Å²) in [6, 6.07) is 5.75. The zero-order valence-corrected chi connectivity index (χ0v) is 20.9. The van der Waals surface area contributed by atoms with Crippen LogP contribution in [0.2, 0.25) is 0 Å². The molecule has 1 atom stereocenters. The van der Waals surface area contributed by atoms with Crippen molar-refractivity contribution >= 4 is 28.5 Å². The van der Waals surface area contributed by atoms with Crippen LogP contribution in [0.4, 0.5) is 23.8 Å². The molecule has 2 aromatic heterocycles. The first kappa shape index (κ1) is 25.0. The number of anilines is 1. The average molecular weight is 512 g/mol. The van der Waals surface area contributed by atoms with Crippen LogP contribution in [0.15, 0.2) is 36.5 Å². The van der Waals surface area contributed by atoms with Gasteiger partial charge in [-0.15, -0.1) is 0 Å². The van der Waals surface area contributed by atoms with Crippen LogP contribution >= 0.6 is 0 Å². The lowest BCUT2D eigenvalue weighted by Crippen LogP contribution is -2.58. The summed E-state index contributed by atoms with van der Waals surface area (Å²) in [5.41, 5.74) is 2.69. The third-order valence-corrected chi connectivity index (χ3v) is 7.56. The Balaban J connectivity index is 1.43. The molecule has 194 valence electrons. The summed E-state index contributed by atoms with van der Waals surface area (Å²) in [6.45, 7) is 6.18. The summed E-state index contributed by atoms with van der Waals surface area (Å²) in [7, 11) is 0. The Morgan fingerprint density at radius 2 is 1.97 bits per heavy atom. The van der Waals surface area contributed by atoms with Crippen molar-refractivity contribution in [3.05, 3.63) is 64.6 Å². The van der Waals surface area contributed by atoms with Crippen molar-refractivity contribution in [2.24, 2.45) is 5.41 Å². The van der Waals surface area contributed by atoms with E-state index in [1.165, 1.54) is 17.9 Å². The molecule has 1 aromatic carbocycles. The van der Waals surface area contributed by atoms with E-state index >= 15 is 0 Å². The second kappa shape index (κ2) is 9.00. The third-order valence-electron chi connectivity index (χ3n) is 7.56. The number of alkyl halides is 3. The molecular weight excluding hydrogens is 483 g/mol. The van der Waals surface area contributed by atoms with E-state index in [9.17, 15) is 18.0 Å². The topological polar surface area (TPSA) is 91.2 Å². The van der Waals surface area contributed by atoms with Crippen molar-refractivity contribution in [3.63, 3.8) is 0 Å². The number of carboxylic acid groups (broad SMARTS) is 1. The van der Waals surface area contributed by atoms with Gasteiger partial charge in [0, 0.05) is 24.7 Å². The van der Waals surface area contributed by atoms with E-state index in [2.05, 4.69) is 26.3 Å². The van der Waals surface area contributed by atoms with Crippen LogP contribution in [0, 0.1) is 19.3 Å². The number of aromatic nitrogens is 3. The molecule has 0 bridgehead atoms. The zero-order valence-electron chi connectivity index (χ0n) is 20.9. The van der Waals surface area contributed by atoms with E-state index in [1.54, 1.807) is 19.2 Å². The molecule has 7 nitrogen and oxygen atoms in total. The number of pyridine rings is 1. The molecular formula is C27H28F3N5O2. The number of nitrogens with zero attached hydrogens (tertiary/aromatic N) is 4. The van der Waals surface area contributed by atoms with Crippen LogP contribution in [-0.4, -0.2) is 44.1 Å². The Hall–Kier alpha value is -3.69. The van der Waals surface area contributed by atoms with Crippen LogP contribution in [0.25, 0.3) is 16.6 Å². The zero-order chi connectivity index (χ0) is 26.5. The molecule has 2 aliphatic rings. The Morgan fingerprint density at radius 3 is 2.62 bits per heavy atom. The average Bonchev–Trinajstić information content (AvgIpc) is 2.81. The van der Waals surface area contributed by atoms with Gasteiger partial charge in [0.15, 0.2) is 5.65 Å². The first-order chi connectivity index (χ1) is 17.5. The van der Waals surface area contributed by atoms with E-state index in [1.807, 2.05) is 13.0 Å². The predicted octanol–water partition coefficient (Wildman–Crippen LogP) is 6.38. The fourth-order valence-electron chi connectivity index (χ4n) is 5.51. The van der Waals surface area contributed by atoms with E-state index in [4.69, 9.17) is 5.11 Å². The molecule has 37 heavy (non-hydrogen) atoms. The SMILES string of the molecule is Cc1nc(N[C@H](C)c2cccc(C(F)(F)F)c2C)c2cc(C3=CCC4(CC3)CN(C(=O)O)C4)cnc2n1. The summed E-state index contributed by atoms with van der Waals surface area (Å²) in [4.78, 5) is 26.2. The van der Waals surface area contributed by atoms with Crippen molar-refractivity contribution in [2.75, 3.05) is 18.4 Å². The molecule has 1 spiro atoms. The number of aryl methyl sites for hydroxylation is 1. The fourth-order valence-corrected chi connectivity index (χ4v) is 5.51. The molecule has 1 saturated heterocycles. The summed E-state index contributed by atoms with van der Waals surface area (Å²) >= 11 is 0. The quantitative estimate of drug-likeness (QED) is 0.422. The number of rotatable bonds is 4. The highest BCUT2D eigenvalue weighted by atomic mass is 19.4. The largest absolute Gasteiger partial charge is 0.465 e. The summed E-state index contributed by atoms with van der Waals surface area (Å²) in [5, 5.41) is 13.2. The second-order valence-corrected chi connectivity index (χ2v) is 10.2. The number of amides is 1. The summed E-state index contributed by atoms with van der Waals surface area (Å²) in [5.74, 6) is 1.03. The third kappa shape index (κ3) is 4.72. The minimum atomic E-state index is -4.42. The molecule has 2 N–H and O–H groups in total. The van der Waals surface area contributed by atoms with Crippen molar-refractivity contribution in [1.29, 1.82) is 0 Å². The maximum Gasteiger partial charge on any atom is 0.416 e. The predicted molar refractivity (Wildman–Crippen MR) is 134 cm³/mol. The number of carbonyl (C=O) groups is 1. The van der Waals surface area contributed by atoms with Crippen LogP contribution in [0.1, 0.15) is 60.3 Å². The minimum absolute atomic E-state index is 0.0251. The van der Waals surface area contributed by atoms with Crippen LogP contribution in [0.5, 0.6) is 0 Å². The van der Waals surface area contributed by atoms with Gasteiger partial charge in [-0.2, -0.15) is 13.2 Å². The minimum Gasteiger partial charge on any atom is -0.465 e. The van der Waals surface area contributed by atoms with E-state index in [0.29, 0.717) is 41.3 Å². The van der Waals surface area contributed by atoms with Gasteiger partial charge < -0.3 is 15.3 Å². The highest BCUT2D eigenvalue weighted by Crippen LogP contribution is 2.45. The fraction of sp³-hybridized carbons (Fsp3) is 0.407. The molecule has 0 unspecified atom stereocenters. The van der Waals surface area contributed by atoms with E-state index in [-0.39, 0.29) is 11.0 Å². The molecule has 1 amide bonds. The van der Waals surface area contributed by atoms with E-state index in [0.717, 1.165) is 36.5 Å². The first-order valence-electron chi connectivity index (χ1n) is 12.2. The number of benzene rings is 1. The Bertz CT molecular complexity index is 1410. The van der Waals surface area contributed by atoms with Crippen molar-refractivity contribution in [2.45, 2.75) is 52.3 Å². The monoisotopic (exact) mass is 511 g/mol. The van der Waals surface area contributed by atoms with Gasteiger partial charge >= 0.3 is 12.3 Å². The van der Waals surface area contributed by atoms with Crippen LogP contribution in [0.3, 0.4) is 0 Å². The van der Waals surface area contributed by atoms with Gasteiger partial charge in [-0.3, -0.25) is 0 Å². The van der Waals surface area contributed by atoms with Gasteiger partial charge in [-0.1, -0.05) is 18.2 Å². The van der Waals surface area contributed by atoms with Gasteiger partial charge in [-0.05, 0) is 74.4 Å². The van der Waals surface area contributed by atoms with Crippen LogP contribution in [-0.2, 0) is 6.18 Å². The molecule has 1 aliphatic carbocycles. The van der Waals surface area contributed by atoms with Gasteiger partial charge in [0.1, 0.15) is 11.6 Å². The number of hydrogen-bond donors (Lipinski definition) is 2. The Kier molecular flexibility index (Phi) is 6.08. The molecule has 3 heterocycles. The molecule has 3 aromatic rings. The first-order valence-corrected chi connectivity index (χ1v) is 12.2. The van der Waals surface area contributed by atoms with Crippen molar-refractivity contribution in [1.82, 2.24) is 19.9 Å². The van der Waals surface area contributed by atoms with Crippen molar-refractivity contribution < 1.29 is 23.1 Å². The van der Waals surface area contributed by atoms with Crippen molar-refractivity contribution in [3.8, 4) is 0 Å². The molecule has 0 radical (unpaired) electrons. The second-order valence-electron chi connectivity index (χ2n) is 10.2. The number of likely N-dealkylation sites (tertiary alicyclic amines) is 1. The number of halogens is 3. The molecule has 10 heteroatoms. The summed E-state index contributed by atoms with van der Waals surface area (Å²) in [6.07, 6.45) is 1.19. The normalized spacial score (nSPS) is 17.9. The standard InChI is InChI=1S/C27H28F3N5O2/c1-15-20(5-4-6-22(15)27(28,29)30)16(2)32-24-21-11-19(12-31-23(21)33-17(3)34-24)18-7-9-26(10-8-18)13-35(14-26)25(36)37/h4-7,11-12,16H,8-10,13-14H2,1-3H3,(H,36,37)(H,31,32,33,34)/t16-/m1/s1. The van der Waals surface area contributed by atoms with Gasteiger partial charge in [0.05, 0.1) is 17.0 Å². The number of allylic oxidation sites excluding steroid dienone is 2. The lowest BCUT2D eigenvalue weighted by molar-refractivity contribution is -0.138. The smallest absolute Gasteiger partial charge is 0.416 e.